The Labute approximate surface area is 189 Å². The van der Waals surface area contributed by atoms with Crippen molar-refractivity contribution in [3.63, 3.8) is 0 Å². The maximum atomic E-state index is 14.1. The zero-order chi connectivity index (χ0) is 22.8. The van der Waals surface area contributed by atoms with Crippen LogP contribution in [0, 0.1) is 5.82 Å². The molecule has 3 aromatic rings. The van der Waals surface area contributed by atoms with Crippen molar-refractivity contribution in [3.05, 3.63) is 78.1 Å². The molecule has 0 atom stereocenters. The average Bonchev–Trinajstić information content (AvgIpc) is 2.83. The molecule has 0 heterocycles. The van der Waals surface area contributed by atoms with E-state index in [9.17, 15) is 4.39 Å². The summed E-state index contributed by atoms with van der Waals surface area (Å²) in [6.07, 6.45) is 2.76. The zero-order valence-electron chi connectivity index (χ0n) is 19.0. The number of aryl methyl sites for hydroxylation is 1. The van der Waals surface area contributed by atoms with Gasteiger partial charge < -0.3 is 4.90 Å². The molecule has 3 rings (SSSR count). The number of nitrogens with zero attached hydrogens (tertiary/aromatic N) is 5. The second-order valence-electron chi connectivity index (χ2n) is 7.48. The Kier molecular flexibility index (Phi) is 8.61. The lowest BCUT2D eigenvalue weighted by Gasteiger charge is -2.20. The Morgan fingerprint density at radius 1 is 0.656 bits per heavy atom. The Morgan fingerprint density at radius 3 is 1.59 bits per heavy atom. The molecule has 3 aromatic carbocycles. The first-order valence-electron chi connectivity index (χ1n) is 11.2. The van der Waals surface area contributed by atoms with Gasteiger partial charge in [0.05, 0.1) is 22.7 Å². The lowest BCUT2D eigenvalue weighted by Crippen LogP contribution is -2.21. The third-order valence-corrected chi connectivity index (χ3v) is 5.23. The standard InChI is InChI=1S/C26H30FN5/c1-4-7-8-20-9-10-24(19-26(20)27)31-30-22-13-11-21(12-14-22)28-29-23-15-17-25(18-16-23)32(5-2)6-3/h9-19H,4-8H2,1-3H3/b29-28+,31-30+. The SMILES string of the molecule is CCCCc1ccc(/N=N/c2ccc(/N=N/c3ccc(N(CC)CC)cc3)cc2)cc1F. The van der Waals surface area contributed by atoms with E-state index in [0.29, 0.717) is 11.4 Å². The minimum Gasteiger partial charge on any atom is -0.372 e. The third kappa shape index (κ3) is 6.54. The Hall–Kier alpha value is -3.41. The van der Waals surface area contributed by atoms with Crippen LogP contribution in [0.25, 0.3) is 0 Å². The van der Waals surface area contributed by atoms with Crippen LogP contribution < -0.4 is 4.90 Å². The van der Waals surface area contributed by atoms with Crippen molar-refractivity contribution in [2.75, 3.05) is 18.0 Å². The molecular weight excluding hydrogens is 401 g/mol. The quantitative estimate of drug-likeness (QED) is 0.296. The summed E-state index contributed by atoms with van der Waals surface area (Å²) < 4.78 is 14.1. The molecule has 0 aromatic heterocycles. The molecule has 0 aliphatic heterocycles. The molecule has 0 saturated carbocycles. The second-order valence-corrected chi connectivity index (χ2v) is 7.48. The van der Waals surface area contributed by atoms with Crippen LogP contribution in [0.1, 0.15) is 39.2 Å². The Morgan fingerprint density at radius 2 is 1.12 bits per heavy atom. The van der Waals surface area contributed by atoms with Crippen LogP contribution in [-0.2, 0) is 6.42 Å². The van der Waals surface area contributed by atoms with Crippen LogP contribution in [0.15, 0.2) is 87.2 Å². The maximum absolute atomic E-state index is 14.1. The van der Waals surface area contributed by atoms with Crippen molar-refractivity contribution < 1.29 is 4.39 Å². The van der Waals surface area contributed by atoms with Gasteiger partial charge in [0.25, 0.3) is 0 Å². The van der Waals surface area contributed by atoms with Crippen molar-refractivity contribution in [1.82, 2.24) is 0 Å². The van der Waals surface area contributed by atoms with Gasteiger partial charge in [-0.25, -0.2) is 4.39 Å². The third-order valence-electron chi connectivity index (χ3n) is 5.23. The summed E-state index contributed by atoms with van der Waals surface area (Å²) in [7, 11) is 0. The fourth-order valence-electron chi connectivity index (χ4n) is 3.30. The molecule has 0 saturated heterocycles. The minimum atomic E-state index is -0.226. The second kappa shape index (κ2) is 11.8. The van der Waals surface area contributed by atoms with Gasteiger partial charge in [0.1, 0.15) is 5.82 Å². The van der Waals surface area contributed by atoms with E-state index in [4.69, 9.17) is 0 Å². The van der Waals surface area contributed by atoms with Gasteiger partial charge in [0.2, 0.25) is 0 Å². The number of hydrogen-bond donors (Lipinski definition) is 0. The highest BCUT2D eigenvalue weighted by Crippen LogP contribution is 2.25. The Balaban J connectivity index is 1.60. The van der Waals surface area contributed by atoms with E-state index in [1.807, 2.05) is 36.4 Å². The fourth-order valence-corrected chi connectivity index (χ4v) is 3.30. The van der Waals surface area contributed by atoms with E-state index in [-0.39, 0.29) is 5.82 Å². The molecule has 32 heavy (non-hydrogen) atoms. The summed E-state index contributed by atoms with van der Waals surface area (Å²) in [5.74, 6) is -0.226. The summed E-state index contributed by atoms with van der Waals surface area (Å²) in [6.45, 7) is 8.32. The molecule has 6 heteroatoms. The molecule has 5 nitrogen and oxygen atoms in total. The summed E-state index contributed by atoms with van der Waals surface area (Å²) in [4.78, 5) is 2.28. The normalized spacial score (nSPS) is 11.5. The summed E-state index contributed by atoms with van der Waals surface area (Å²) in [5.41, 5.74) is 4.60. The molecule has 0 aliphatic carbocycles. The molecule has 0 radical (unpaired) electrons. The number of anilines is 1. The van der Waals surface area contributed by atoms with Crippen LogP contribution in [0.4, 0.5) is 32.8 Å². The summed E-state index contributed by atoms with van der Waals surface area (Å²) in [6, 6.07) is 20.4. The molecule has 0 spiro atoms. The number of halogens is 1. The van der Waals surface area contributed by atoms with Crippen molar-refractivity contribution >= 4 is 28.4 Å². The largest absolute Gasteiger partial charge is 0.372 e. The van der Waals surface area contributed by atoms with Crippen LogP contribution in [-0.4, -0.2) is 13.1 Å². The lowest BCUT2D eigenvalue weighted by molar-refractivity contribution is 0.603. The molecule has 0 bridgehead atoms. The zero-order valence-corrected chi connectivity index (χ0v) is 19.0. The lowest BCUT2D eigenvalue weighted by atomic mass is 10.1. The van der Waals surface area contributed by atoms with Gasteiger partial charge in [-0.2, -0.15) is 20.5 Å². The first-order valence-corrected chi connectivity index (χ1v) is 11.2. The van der Waals surface area contributed by atoms with Gasteiger partial charge in [-0.15, -0.1) is 0 Å². The summed E-state index contributed by atoms with van der Waals surface area (Å²) in [5, 5.41) is 16.9. The molecule has 0 N–H and O–H groups in total. The van der Waals surface area contributed by atoms with Crippen LogP contribution in [0.2, 0.25) is 0 Å². The molecule has 166 valence electrons. The van der Waals surface area contributed by atoms with E-state index in [1.165, 1.54) is 11.8 Å². The van der Waals surface area contributed by atoms with Crippen molar-refractivity contribution in [2.45, 2.75) is 40.0 Å². The van der Waals surface area contributed by atoms with Gasteiger partial charge >= 0.3 is 0 Å². The fraction of sp³-hybridized carbons (Fsp3) is 0.308. The number of unbranched alkanes of at least 4 members (excludes halogenated alkanes) is 1. The molecular formula is C26H30FN5. The highest BCUT2D eigenvalue weighted by Gasteiger charge is 2.03. The minimum absolute atomic E-state index is 0.226. The van der Waals surface area contributed by atoms with Crippen molar-refractivity contribution in [2.24, 2.45) is 20.5 Å². The van der Waals surface area contributed by atoms with Gasteiger partial charge in [-0.05, 0) is 86.8 Å². The average molecular weight is 432 g/mol. The molecule has 0 fully saturated rings. The van der Waals surface area contributed by atoms with E-state index in [0.717, 1.165) is 49.3 Å². The van der Waals surface area contributed by atoms with Crippen LogP contribution >= 0.6 is 0 Å². The number of benzene rings is 3. The van der Waals surface area contributed by atoms with Crippen molar-refractivity contribution in [3.8, 4) is 0 Å². The highest BCUT2D eigenvalue weighted by atomic mass is 19.1. The smallest absolute Gasteiger partial charge is 0.128 e. The van der Waals surface area contributed by atoms with E-state index in [2.05, 4.69) is 58.3 Å². The van der Waals surface area contributed by atoms with Gasteiger partial charge in [-0.3, -0.25) is 0 Å². The number of azo groups is 2. The summed E-state index contributed by atoms with van der Waals surface area (Å²) >= 11 is 0. The molecule has 0 unspecified atom stereocenters. The van der Waals surface area contributed by atoms with Crippen LogP contribution in [0.5, 0.6) is 0 Å². The van der Waals surface area contributed by atoms with Crippen molar-refractivity contribution in [1.29, 1.82) is 0 Å². The van der Waals surface area contributed by atoms with Gasteiger partial charge in [0.15, 0.2) is 0 Å². The first kappa shape index (κ1) is 23.3. The van der Waals surface area contributed by atoms with E-state index < -0.39 is 0 Å². The topological polar surface area (TPSA) is 52.7 Å². The first-order chi connectivity index (χ1) is 15.6. The number of hydrogen-bond acceptors (Lipinski definition) is 5. The molecule has 0 amide bonds. The number of rotatable bonds is 10. The Bertz CT molecular complexity index is 1040. The highest BCUT2D eigenvalue weighted by molar-refractivity contribution is 5.53. The van der Waals surface area contributed by atoms with E-state index in [1.54, 1.807) is 12.1 Å². The van der Waals surface area contributed by atoms with Gasteiger partial charge in [0, 0.05) is 24.8 Å². The monoisotopic (exact) mass is 431 g/mol. The van der Waals surface area contributed by atoms with Crippen LogP contribution in [0.3, 0.4) is 0 Å². The maximum Gasteiger partial charge on any atom is 0.128 e. The predicted molar refractivity (Wildman–Crippen MR) is 130 cm³/mol. The predicted octanol–water partition coefficient (Wildman–Crippen LogP) is 8.85. The van der Waals surface area contributed by atoms with E-state index >= 15 is 0 Å². The molecule has 0 aliphatic rings. The van der Waals surface area contributed by atoms with Gasteiger partial charge in [-0.1, -0.05) is 19.4 Å².